The Labute approximate surface area is 81.5 Å². The second-order valence-corrected chi connectivity index (χ2v) is 3.44. The van der Waals surface area contributed by atoms with E-state index >= 15 is 0 Å². The van der Waals surface area contributed by atoms with Gasteiger partial charge in [0.1, 0.15) is 0 Å². The van der Waals surface area contributed by atoms with Crippen LogP contribution in [0.5, 0.6) is 0 Å². The van der Waals surface area contributed by atoms with Gasteiger partial charge in [-0.3, -0.25) is 9.48 Å². The molecule has 1 aromatic rings. The van der Waals surface area contributed by atoms with Crippen molar-refractivity contribution in [1.29, 1.82) is 0 Å². The van der Waals surface area contributed by atoms with Crippen molar-refractivity contribution in [1.82, 2.24) is 20.3 Å². The summed E-state index contributed by atoms with van der Waals surface area (Å²) in [5.41, 5.74) is 6.18. The Morgan fingerprint density at radius 3 is 3.14 bits per heavy atom. The van der Waals surface area contributed by atoms with Crippen molar-refractivity contribution in [3.05, 3.63) is 11.9 Å². The zero-order valence-electron chi connectivity index (χ0n) is 7.81. The number of nitrogens with zero attached hydrogens (tertiary/aromatic N) is 3. The zero-order chi connectivity index (χ0) is 9.97. The fourth-order valence-corrected chi connectivity index (χ4v) is 1.56. The van der Waals surface area contributed by atoms with Crippen LogP contribution in [0, 0.1) is 0 Å². The Balaban J connectivity index is 1.93. The van der Waals surface area contributed by atoms with Gasteiger partial charge in [0, 0.05) is 25.2 Å². The first kappa shape index (κ1) is 9.14. The lowest BCUT2D eigenvalue weighted by Crippen LogP contribution is -2.29. The molecule has 6 heteroatoms. The topological polar surface area (TPSA) is 85.8 Å². The van der Waals surface area contributed by atoms with Crippen molar-refractivity contribution >= 4 is 5.91 Å². The summed E-state index contributed by atoms with van der Waals surface area (Å²) in [4.78, 5) is 10.9. The summed E-state index contributed by atoms with van der Waals surface area (Å²) in [6, 6.07) is 0.190. The Morgan fingerprint density at radius 2 is 2.57 bits per heavy atom. The molecule has 1 aliphatic heterocycles. The molecule has 14 heavy (non-hydrogen) atoms. The van der Waals surface area contributed by atoms with Crippen LogP contribution in [-0.4, -0.2) is 26.9 Å². The fraction of sp³-hybridized carbons (Fsp3) is 0.625. The molecule has 0 radical (unpaired) electrons. The molecule has 2 rings (SSSR count). The lowest BCUT2D eigenvalue weighted by atomic mass is 10.2. The van der Waals surface area contributed by atoms with Gasteiger partial charge in [-0.15, -0.1) is 5.10 Å². The summed E-state index contributed by atoms with van der Waals surface area (Å²) in [5, 5.41) is 10.7. The van der Waals surface area contributed by atoms with Crippen LogP contribution in [0.3, 0.4) is 0 Å². The first-order chi connectivity index (χ1) is 6.78. The number of carbonyl (C=O) groups is 1. The normalized spacial score (nSPS) is 21.2. The van der Waals surface area contributed by atoms with Crippen LogP contribution in [0.4, 0.5) is 0 Å². The third kappa shape index (κ3) is 1.90. The van der Waals surface area contributed by atoms with Crippen molar-refractivity contribution in [3.63, 3.8) is 0 Å². The second-order valence-electron chi connectivity index (χ2n) is 3.44. The van der Waals surface area contributed by atoms with Gasteiger partial charge in [-0.05, 0) is 6.42 Å². The molecular weight excluding hydrogens is 182 g/mol. The summed E-state index contributed by atoms with van der Waals surface area (Å²) in [6.45, 7) is 1.08. The molecule has 0 saturated carbocycles. The maximum atomic E-state index is 10.9. The number of nitrogens with one attached hydrogen (secondary N) is 1. The summed E-state index contributed by atoms with van der Waals surface area (Å²) in [5.74, 6) is 0.120. The molecule has 0 bridgehead atoms. The van der Waals surface area contributed by atoms with Gasteiger partial charge in [0.2, 0.25) is 5.91 Å². The minimum atomic E-state index is 0.120. The van der Waals surface area contributed by atoms with Gasteiger partial charge >= 0.3 is 0 Å². The molecule has 1 atom stereocenters. The SMILES string of the molecule is NCc1cn(CC2CCC(=O)N2)nn1. The molecule has 1 fully saturated rings. The van der Waals surface area contributed by atoms with Crippen molar-refractivity contribution in [2.24, 2.45) is 5.73 Å². The molecule has 0 spiro atoms. The highest BCUT2D eigenvalue weighted by Gasteiger charge is 2.21. The van der Waals surface area contributed by atoms with Crippen LogP contribution in [0.2, 0.25) is 0 Å². The number of carbonyl (C=O) groups excluding carboxylic acids is 1. The van der Waals surface area contributed by atoms with Gasteiger partial charge in [-0.1, -0.05) is 5.21 Å². The van der Waals surface area contributed by atoms with E-state index in [1.807, 2.05) is 6.20 Å². The smallest absolute Gasteiger partial charge is 0.220 e. The highest BCUT2D eigenvalue weighted by atomic mass is 16.1. The van der Waals surface area contributed by atoms with Gasteiger partial charge in [0.15, 0.2) is 0 Å². The Morgan fingerprint density at radius 1 is 1.71 bits per heavy atom. The van der Waals surface area contributed by atoms with Gasteiger partial charge in [-0.25, -0.2) is 0 Å². The van der Waals surface area contributed by atoms with E-state index in [2.05, 4.69) is 15.6 Å². The van der Waals surface area contributed by atoms with E-state index in [4.69, 9.17) is 5.73 Å². The molecule has 6 nitrogen and oxygen atoms in total. The van der Waals surface area contributed by atoms with E-state index in [0.29, 0.717) is 19.5 Å². The number of rotatable bonds is 3. The van der Waals surface area contributed by atoms with Gasteiger partial charge in [0.25, 0.3) is 0 Å². The van der Waals surface area contributed by atoms with Crippen molar-refractivity contribution in [2.75, 3.05) is 0 Å². The predicted molar refractivity (Wildman–Crippen MR) is 49.1 cm³/mol. The highest BCUT2D eigenvalue weighted by molar-refractivity contribution is 5.78. The lowest BCUT2D eigenvalue weighted by molar-refractivity contribution is -0.119. The van der Waals surface area contributed by atoms with Gasteiger partial charge in [0.05, 0.1) is 12.2 Å². The molecule has 2 heterocycles. The van der Waals surface area contributed by atoms with E-state index in [1.165, 1.54) is 0 Å². The Hall–Kier alpha value is -1.43. The van der Waals surface area contributed by atoms with Crippen LogP contribution >= 0.6 is 0 Å². The quantitative estimate of drug-likeness (QED) is 0.648. The van der Waals surface area contributed by atoms with E-state index in [0.717, 1.165) is 12.1 Å². The molecule has 0 aromatic carbocycles. The largest absolute Gasteiger partial charge is 0.351 e. The van der Waals surface area contributed by atoms with Crippen LogP contribution in [0.15, 0.2) is 6.20 Å². The summed E-state index contributed by atoms with van der Waals surface area (Å²) in [6.07, 6.45) is 3.30. The third-order valence-electron chi connectivity index (χ3n) is 2.29. The van der Waals surface area contributed by atoms with Crippen LogP contribution in [0.1, 0.15) is 18.5 Å². The number of hydrogen-bond acceptors (Lipinski definition) is 4. The number of amides is 1. The minimum Gasteiger partial charge on any atom is -0.351 e. The van der Waals surface area contributed by atoms with Gasteiger partial charge in [-0.2, -0.15) is 0 Å². The van der Waals surface area contributed by atoms with Crippen molar-refractivity contribution in [2.45, 2.75) is 32.0 Å². The molecule has 1 amide bonds. The average molecular weight is 195 g/mol. The maximum absolute atomic E-state index is 10.9. The van der Waals surface area contributed by atoms with Crippen LogP contribution < -0.4 is 11.1 Å². The lowest BCUT2D eigenvalue weighted by Gasteiger charge is -2.08. The second kappa shape index (κ2) is 3.75. The third-order valence-corrected chi connectivity index (χ3v) is 2.29. The summed E-state index contributed by atoms with van der Waals surface area (Å²) >= 11 is 0. The monoisotopic (exact) mass is 195 g/mol. The highest BCUT2D eigenvalue weighted by Crippen LogP contribution is 2.08. The first-order valence-electron chi connectivity index (χ1n) is 4.66. The molecule has 0 aliphatic carbocycles. The molecule has 1 aromatic heterocycles. The fourth-order valence-electron chi connectivity index (χ4n) is 1.56. The summed E-state index contributed by atoms with van der Waals surface area (Å²) in [7, 11) is 0. The number of nitrogens with two attached hydrogens (primary N) is 1. The number of hydrogen-bond donors (Lipinski definition) is 2. The van der Waals surface area contributed by atoms with Crippen LogP contribution in [-0.2, 0) is 17.9 Å². The molecule has 1 unspecified atom stereocenters. The summed E-state index contributed by atoms with van der Waals surface area (Å²) < 4.78 is 1.72. The minimum absolute atomic E-state index is 0.120. The van der Waals surface area contributed by atoms with Crippen LogP contribution in [0.25, 0.3) is 0 Å². The van der Waals surface area contributed by atoms with E-state index in [1.54, 1.807) is 4.68 Å². The molecule has 1 saturated heterocycles. The van der Waals surface area contributed by atoms with Gasteiger partial charge < -0.3 is 11.1 Å². The zero-order valence-corrected chi connectivity index (χ0v) is 7.81. The number of aromatic nitrogens is 3. The van der Waals surface area contributed by atoms with E-state index in [-0.39, 0.29) is 11.9 Å². The molecule has 76 valence electrons. The van der Waals surface area contributed by atoms with E-state index in [9.17, 15) is 4.79 Å². The molecular formula is C8H13N5O. The Kier molecular flexibility index (Phi) is 2.45. The maximum Gasteiger partial charge on any atom is 0.220 e. The Bertz CT molecular complexity index is 334. The van der Waals surface area contributed by atoms with E-state index < -0.39 is 0 Å². The van der Waals surface area contributed by atoms with Crippen molar-refractivity contribution < 1.29 is 4.79 Å². The average Bonchev–Trinajstić information content (AvgIpc) is 2.76. The first-order valence-corrected chi connectivity index (χ1v) is 4.66. The van der Waals surface area contributed by atoms with Crippen molar-refractivity contribution in [3.8, 4) is 0 Å². The molecule has 3 N–H and O–H groups in total. The standard InChI is InChI=1S/C8H13N5O/c9-3-7-5-13(12-11-7)4-6-1-2-8(14)10-6/h5-6H,1-4,9H2,(H,10,14). The predicted octanol–water partition coefficient (Wildman–Crippen LogP) is -0.985. The molecule has 1 aliphatic rings.